The third-order valence-electron chi connectivity index (χ3n) is 4.55. The van der Waals surface area contributed by atoms with Gasteiger partial charge in [-0.05, 0) is 24.6 Å². The summed E-state index contributed by atoms with van der Waals surface area (Å²) in [5, 5.41) is 16.4. The Morgan fingerprint density at radius 3 is 2.69 bits per heavy atom. The van der Waals surface area contributed by atoms with Crippen molar-refractivity contribution in [1.82, 2.24) is 15.2 Å². The smallest absolute Gasteiger partial charge is 0.270 e. The summed E-state index contributed by atoms with van der Waals surface area (Å²) in [6, 6.07) is 9.36. The van der Waals surface area contributed by atoms with Gasteiger partial charge in [0.1, 0.15) is 17.4 Å². The number of anilines is 1. The molecule has 0 bridgehead atoms. The summed E-state index contributed by atoms with van der Waals surface area (Å²) in [5.41, 5.74) is 8.66. The summed E-state index contributed by atoms with van der Waals surface area (Å²) in [5.74, 6) is 0.946. The number of pyridine rings is 1. The van der Waals surface area contributed by atoms with Crippen molar-refractivity contribution in [2.75, 3.05) is 12.8 Å². The van der Waals surface area contributed by atoms with Crippen LogP contribution in [0.2, 0.25) is 0 Å². The van der Waals surface area contributed by atoms with Gasteiger partial charge >= 0.3 is 0 Å². The number of nitrogens with one attached hydrogen (secondary N) is 2. The van der Waals surface area contributed by atoms with Crippen molar-refractivity contribution >= 4 is 5.69 Å². The molecule has 3 heterocycles. The molecule has 4 rings (SSSR count). The Hall–Kier alpha value is -3.73. The molecule has 0 saturated heterocycles. The van der Waals surface area contributed by atoms with E-state index < -0.39 is 5.56 Å². The van der Waals surface area contributed by atoms with Crippen LogP contribution < -0.4 is 20.8 Å². The molecular formula is C18H15N5O3. The molecule has 26 heavy (non-hydrogen) atoms. The van der Waals surface area contributed by atoms with E-state index in [1.165, 1.54) is 0 Å². The van der Waals surface area contributed by atoms with E-state index in [-0.39, 0.29) is 23.0 Å². The summed E-state index contributed by atoms with van der Waals surface area (Å²) in [4.78, 5) is 14.7. The van der Waals surface area contributed by atoms with Gasteiger partial charge in [0.05, 0.1) is 12.8 Å². The Bertz CT molecular complexity index is 1110. The first-order valence-corrected chi connectivity index (χ1v) is 7.87. The lowest BCUT2D eigenvalue weighted by atomic mass is 9.83. The van der Waals surface area contributed by atoms with Gasteiger partial charge in [0.2, 0.25) is 11.8 Å². The number of hydrogen-bond acceptors (Lipinski definition) is 6. The van der Waals surface area contributed by atoms with Crippen LogP contribution in [0.4, 0.5) is 5.69 Å². The van der Waals surface area contributed by atoms with Gasteiger partial charge in [0, 0.05) is 22.7 Å². The number of benzene rings is 1. The average molecular weight is 349 g/mol. The molecule has 0 saturated carbocycles. The number of aryl methyl sites for hydroxylation is 1. The largest absolute Gasteiger partial charge is 0.497 e. The number of ether oxygens (including phenoxy) is 2. The van der Waals surface area contributed by atoms with E-state index >= 15 is 0 Å². The van der Waals surface area contributed by atoms with Crippen LogP contribution in [0.5, 0.6) is 17.5 Å². The van der Waals surface area contributed by atoms with E-state index in [1.54, 1.807) is 7.11 Å². The van der Waals surface area contributed by atoms with Crippen molar-refractivity contribution in [3.05, 3.63) is 62.6 Å². The van der Waals surface area contributed by atoms with E-state index in [9.17, 15) is 10.1 Å². The zero-order valence-corrected chi connectivity index (χ0v) is 14.1. The van der Waals surface area contributed by atoms with Crippen LogP contribution in [0.1, 0.15) is 33.9 Å². The number of methoxy groups -OCH3 is 1. The molecule has 2 aromatic heterocycles. The van der Waals surface area contributed by atoms with Crippen molar-refractivity contribution in [2.24, 2.45) is 0 Å². The predicted octanol–water partition coefficient (Wildman–Crippen LogP) is 2.15. The molecule has 0 radical (unpaired) electrons. The molecule has 8 nitrogen and oxygen atoms in total. The monoisotopic (exact) mass is 349 g/mol. The molecule has 1 atom stereocenters. The molecular weight excluding hydrogens is 334 g/mol. The first-order valence-electron chi connectivity index (χ1n) is 7.87. The minimum absolute atomic E-state index is 0.110. The maximum Gasteiger partial charge on any atom is 0.270 e. The summed E-state index contributed by atoms with van der Waals surface area (Å²) in [6.45, 7) is 1.88. The summed E-state index contributed by atoms with van der Waals surface area (Å²) >= 11 is 0. The quantitative estimate of drug-likeness (QED) is 0.508. The summed E-state index contributed by atoms with van der Waals surface area (Å²) in [7, 11) is 1.60. The van der Waals surface area contributed by atoms with Gasteiger partial charge in [-0.3, -0.25) is 14.9 Å². The fraction of sp³-hybridized carbons (Fsp3) is 0.167. The molecule has 1 aliphatic heterocycles. The fourth-order valence-corrected chi connectivity index (χ4v) is 3.29. The number of hydrogen-bond donors (Lipinski definition) is 3. The first-order chi connectivity index (χ1) is 12.5. The van der Waals surface area contributed by atoms with Crippen LogP contribution in [-0.2, 0) is 0 Å². The normalized spacial score (nSPS) is 14.7. The Kier molecular flexibility index (Phi) is 3.44. The van der Waals surface area contributed by atoms with Gasteiger partial charge in [-0.15, -0.1) is 5.10 Å². The summed E-state index contributed by atoms with van der Waals surface area (Å²) < 4.78 is 11.0. The molecule has 1 aromatic carbocycles. The van der Waals surface area contributed by atoms with Gasteiger partial charge in [-0.25, -0.2) is 0 Å². The number of nitrogen functional groups attached to an aromatic ring is 1. The van der Waals surface area contributed by atoms with Gasteiger partial charge in [-0.1, -0.05) is 12.1 Å². The van der Waals surface area contributed by atoms with Gasteiger partial charge < -0.3 is 15.2 Å². The maximum absolute atomic E-state index is 12.1. The van der Waals surface area contributed by atoms with E-state index in [0.717, 1.165) is 22.6 Å². The number of H-pyrrole nitrogens is 2. The van der Waals surface area contributed by atoms with Crippen LogP contribution in [0.25, 0.3) is 0 Å². The van der Waals surface area contributed by atoms with E-state index in [0.29, 0.717) is 11.4 Å². The third kappa shape index (κ3) is 2.14. The third-order valence-corrected chi connectivity index (χ3v) is 4.55. The standard InChI is InChI=1S/C18H15N5O3/c1-8-12-13(9-3-5-10(25-2)6-4-9)14-15(20)11(7-19)16(24)21-17(14)26-18(12)23-22-8/h3-6,13H,1-2H3,(H,22,23)(H3,20,21,24). The maximum atomic E-state index is 12.1. The van der Waals surface area contributed by atoms with E-state index in [1.807, 2.05) is 37.3 Å². The molecule has 0 fully saturated rings. The number of aromatic amines is 2. The Morgan fingerprint density at radius 2 is 2.04 bits per heavy atom. The lowest BCUT2D eigenvalue weighted by Crippen LogP contribution is -2.22. The van der Waals surface area contributed by atoms with Gasteiger partial charge in [0.15, 0.2) is 0 Å². The highest BCUT2D eigenvalue weighted by Crippen LogP contribution is 2.49. The van der Waals surface area contributed by atoms with Gasteiger partial charge in [0.25, 0.3) is 5.56 Å². The SMILES string of the molecule is COc1ccc(C2c3c(n[nH]c3C)Oc3[nH]c(=O)c(C#N)c(N)c32)cc1. The van der Waals surface area contributed by atoms with Crippen molar-refractivity contribution in [2.45, 2.75) is 12.8 Å². The highest BCUT2D eigenvalue weighted by atomic mass is 16.5. The molecule has 4 N–H and O–H groups in total. The minimum atomic E-state index is -0.590. The molecule has 1 aliphatic rings. The zero-order valence-electron chi connectivity index (χ0n) is 14.1. The highest BCUT2D eigenvalue weighted by Gasteiger charge is 2.36. The highest BCUT2D eigenvalue weighted by molar-refractivity contribution is 5.69. The Morgan fingerprint density at radius 1 is 1.31 bits per heavy atom. The lowest BCUT2D eigenvalue weighted by Gasteiger charge is -2.27. The topological polar surface area (TPSA) is 130 Å². The minimum Gasteiger partial charge on any atom is -0.497 e. The van der Waals surface area contributed by atoms with Crippen molar-refractivity contribution in [1.29, 1.82) is 5.26 Å². The van der Waals surface area contributed by atoms with Gasteiger partial charge in [-0.2, -0.15) is 5.26 Å². The second-order valence-corrected chi connectivity index (χ2v) is 5.97. The second kappa shape index (κ2) is 5.67. The lowest BCUT2D eigenvalue weighted by molar-refractivity contribution is 0.413. The Balaban J connectivity index is 2.02. The van der Waals surface area contributed by atoms with Crippen LogP contribution >= 0.6 is 0 Å². The first kappa shape index (κ1) is 15.8. The van der Waals surface area contributed by atoms with Crippen LogP contribution in [-0.4, -0.2) is 22.3 Å². The number of fused-ring (bicyclic) bond motifs is 2. The number of nitriles is 1. The van der Waals surface area contributed by atoms with E-state index in [2.05, 4.69) is 15.2 Å². The number of nitrogens with two attached hydrogens (primary N) is 1. The van der Waals surface area contributed by atoms with Crippen molar-refractivity contribution in [3.63, 3.8) is 0 Å². The fourth-order valence-electron chi connectivity index (χ4n) is 3.29. The second-order valence-electron chi connectivity index (χ2n) is 5.97. The Labute approximate surface area is 148 Å². The molecule has 3 aromatic rings. The van der Waals surface area contributed by atoms with Crippen molar-refractivity contribution < 1.29 is 9.47 Å². The van der Waals surface area contributed by atoms with Crippen molar-refractivity contribution in [3.8, 4) is 23.6 Å². The van der Waals surface area contributed by atoms with Crippen LogP contribution in [0.3, 0.4) is 0 Å². The molecule has 0 spiro atoms. The van der Waals surface area contributed by atoms with Crippen LogP contribution in [0.15, 0.2) is 29.1 Å². The number of rotatable bonds is 2. The summed E-state index contributed by atoms with van der Waals surface area (Å²) in [6.07, 6.45) is 0. The number of nitrogens with zero attached hydrogens (tertiary/aromatic N) is 2. The number of aromatic nitrogens is 3. The molecule has 0 aliphatic carbocycles. The molecule has 1 unspecified atom stereocenters. The molecule has 130 valence electrons. The average Bonchev–Trinajstić information content (AvgIpc) is 3.01. The molecule has 8 heteroatoms. The zero-order chi connectivity index (χ0) is 18.4. The predicted molar refractivity (Wildman–Crippen MR) is 93.5 cm³/mol. The molecule has 0 amide bonds. The van der Waals surface area contributed by atoms with Crippen LogP contribution in [0, 0.1) is 18.3 Å². The van der Waals surface area contributed by atoms with E-state index in [4.69, 9.17) is 15.2 Å².